The average Bonchev–Trinajstić information content (AvgIpc) is 2.30. The molecule has 1 unspecified atom stereocenters. The number of rotatable bonds is 5. The zero-order valence-electron chi connectivity index (χ0n) is 12.2. The fourth-order valence-electron chi connectivity index (χ4n) is 2.20. The van der Waals surface area contributed by atoms with Crippen molar-refractivity contribution in [3.05, 3.63) is 28.8 Å². The van der Waals surface area contributed by atoms with Crippen LogP contribution in [0.25, 0.3) is 0 Å². The molecule has 1 aromatic rings. The van der Waals surface area contributed by atoms with Gasteiger partial charge in [0.05, 0.1) is 7.11 Å². The van der Waals surface area contributed by atoms with E-state index in [4.69, 9.17) is 16.3 Å². The lowest BCUT2D eigenvalue weighted by molar-refractivity contribution is 0.322. The minimum Gasteiger partial charge on any atom is -0.496 e. The van der Waals surface area contributed by atoms with E-state index in [-0.39, 0.29) is 6.04 Å². The van der Waals surface area contributed by atoms with E-state index in [2.05, 4.69) is 51.9 Å². The van der Waals surface area contributed by atoms with Gasteiger partial charge >= 0.3 is 0 Å². The second-order valence-electron chi connectivity index (χ2n) is 5.24. The van der Waals surface area contributed by atoms with Crippen molar-refractivity contribution in [2.45, 2.75) is 32.7 Å². The first kappa shape index (κ1) is 15.3. The molecule has 0 bridgehead atoms. The van der Waals surface area contributed by atoms with Crippen molar-refractivity contribution in [3.63, 3.8) is 0 Å². The van der Waals surface area contributed by atoms with Gasteiger partial charge in [-0.15, -0.1) is 11.6 Å². The number of aryl methyl sites for hydroxylation is 1. The molecule has 0 amide bonds. The van der Waals surface area contributed by atoms with Gasteiger partial charge in [0.25, 0.3) is 0 Å². The molecule has 0 radical (unpaired) electrons. The van der Waals surface area contributed by atoms with Crippen molar-refractivity contribution >= 4 is 11.6 Å². The van der Waals surface area contributed by atoms with Crippen LogP contribution in [-0.2, 0) is 0 Å². The third-order valence-electron chi connectivity index (χ3n) is 3.37. The van der Waals surface area contributed by atoms with Crippen LogP contribution in [0, 0.1) is 6.92 Å². The van der Waals surface area contributed by atoms with Crippen molar-refractivity contribution in [2.24, 2.45) is 0 Å². The number of nitrogens with zero attached hydrogens (tertiary/aromatic N) is 1. The number of alkyl halides is 1. The zero-order valence-corrected chi connectivity index (χ0v) is 13.0. The van der Waals surface area contributed by atoms with E-state index in [1.165, 1.54) is 16.7 Å². The molecule has 18 heavy (non-hydrogen) atoms. The van der Waals surface area contributed by atoms with E-state index in [0.29, 0.717) is 11.8 Å². The maximum absolute atomic E-state index is 6.10. The lowest BCUT2D eigenvalue weighted by Gasteiger charge is -2.26. The van der Waals surface area contributed by atoms with Crippen LogP contribution < -0.4 is 4.74 Å². The highest BCUT2D eigenvalue weighted by molar-refractivity contribution is 6.18. The predicted octanol–water partition coefficient (Wildman–Crippen LogP) is 3.97. The number of hydrogen-bond donors (Lipinski definition) is 0. The van der Waals surface area contributed by atoms with Crippen LogP contribution in [0.4, 0.5) is 0 Å². The third kappa shape index (κ3) is 3.18. The fourth-order valence-corrected chi connectivity index (χ4v) is 2.64. The van der Waals surface area contributed by atoms with Gasteiger partial charge in [0.1, 0.15) is 5.75 Å². The zero-order chi connectivity index (χ0) is 13.9. The maximum atomic E-state index is 6.10. The molecule has 0 aliphatic heterocycles. The van der Waals surface area contributed by atoms with Gasteiger partial charge in [-0.2, -0.15) is 0 Å². The summed E-state index contributed by atoms with van der Waals surface area (Å²) in [5.74, 6) is 2.01. The maximum Gasteiger partial charge on any atom is 0.122 e. The largest absolute Gasteiger partial charge is 0.496 e. The summed E-state index contributed by atoms with van der Waals surface area (Å²) < 4.78 is 5.47. The second-order valence-corrected chi connectivity index (χ2v) is 5.55. The molecule has 0 N–H and O–H groups in total. The molecular formula is C15H24ClNO. The number of ether oxygens (including phenoxy) is 1. The van der Waals surface area contributed by atoms with Gasteiger partial charge in [0, 0.05) is 11.9 Å². The standard InChI is InChI=1S/C15H24ClNO/c1-10(2)12-8-13(14(9-16)17(4)5)11(3)7-15(12)18-6/h7-8,10,14H,9H2,1-6H3. The van der Waals surface area contributed by atoms with E-state index in [1.807, 2.05) is 0 Å². The van der Waals surface area contributed by atoms with Crippen LogP contribution in [0.1, 0.15) is 42.5 Å². The third-order valence-corrected chi connectivity index (χ3v) is 3.66. The van der Waals surface area contributed by atoms with Crippen LogP contribution in [0.5, 0.6) is 5.75 Å². The monoisotopic (exact) mass is 269 g/mol. The Morgan fingerprint density at radius 1 is 1.22 bits per heavy atom. The van der Waals surface area contributed by atoms with Crippen LogP contribution >= 0.6 is 11.6 Å². The van der Waals surface area contributed by atoms with Gasteiger partial charge in [0.2, 0.25) is 0 Å². The summed E-state index contributed by atoms with van der Waals surface area (Å²) in [5, 5.41) is 0. The topological polar surface area (TPSA) is 12.5 Å². The van der Waals surface area contributed by atoms with Crippen molar-refractivity contribution in [1.29, 1.82) is 0 Å². The lowest BCUT2D eigenvalue weighted by atomic mass is 9.93. The van der Waals surface area contributed by atoms with Crippen molar-refractivity contribution in [1.82, 2.24) is 4.90 Å². The quantitative estimate of drug-likeness (QED) is 0.750. The van der Waals surface area contributed by atoms with Crippen LogP contribution in [0.3, 0.4) is 0 Å². The van der Waals surface area contributed by atoms with Gasteiger partial charge in [0.15, 0.2) is 0 Å². The summed E-state index contributed by atoms with van der Waals surface area (Å²) in [7, 11) is 5.85. The van der Waals surface area contributed by atoms with Crippen molar-refractivity contribution in [3.8, 4) is 5.75 Å². The Bertz CT molecular complexity index is 402. The minimum atomic E-state index is 0.245. The van der Waals surface area contributed by atoms with E-state index in [0.717, 1.165) is 5.75 Å². The summed E-state index contributed by atoms with van der Waals surface area (Å²) in [6.45, 7) is 6.48. The molecule has 102 valence electrons. The SMILES string of the molecule is COc1cc(C)c(C(CCl)N(C)C)cc1C(C)C. The lowest BCUT2D eigenvalue weighted by Crippen LogP contribution is -2.22. The van der Waals surface area contributed by atoms with Gasteiger partial charge in [-0.3, -0.25) is 0 Å². The van der Waals surface area contributed by atoms with Gasteiger partial charge in [-0.05, 0) is 55.8 Å². The molecule has 0 spiro atoms. The molecular weight excluding hydrogens is 246 g/mol. The van der Waals surface area contributed by atoms with E-state index < -0.39 is 0 Å². The Hall–Kier alpha value is -0.730. The summed E-state index contributed by atoms with van der Waals surface area (Å²) >= 11 is 6.10. The van der Waals surface area contributed by atoms with Gasteiger partial charge in [-0.25, -0.2) is 0 Å². The summed E-state index contributed by atoms with van der Waals surface area (Å²) in [6.07, 6.45) is 0. The van der Waals surface area contributed by atoms with E-state index >= 15 is 0 Å². The second kappa shape index (κ2) is 6.44. The molecule has 0 aromatic heterocycles. The molecule has 1 aromatic carbocycles. The molecule has 1 rings (SSSR count). The Morgan fingerprint density at radius 2 is 1.83 bits per heavy atom. The van der Waals surface area contributed by atoms with E-state index in [9.17, 15) is 0 Å². The molecule has 0 aliphatic carbocycles. The highest BCUT2D eigenvalue weighted by Crippen LogP contribution is 2.33. The number of hydrogen-bond acceptors (Lipinski definition) is 2. The summed E-state index contributed by atoms with van der Waals surface area (Å²) in [6, 6.07) is 4.61. The van der Waals surface area contributed by atoms with Crippen LogP contribution in [0.15, 0.2) is 12.1 Å². The number of methoxy groups -OCH3 is 1. The van der Waals surface area contributed by atoms with Gasteiger partial charge in [-0.1, -0.05) is 13.8 Å². The summed E-state index contributed by atoms with van der Waals surface area (Å²) in [5.41, 5.74) is 3.77. The highest BCUT2D eigenvalue weighted by Gasteiger charge is 2.18. The summed E-state index contributed by atoms with van der Waals surface area (Å²) in [4.78, 5) is 2.16. The predicted molar refractivity (Wildman–Crippen MR) is 79.0 cm³/mol. The Morgan fingerprint density at radius 3 is 2.22 bits per heavy atom. The van der Waals surface area contributed by atoms with Crippen LogP contribution in [-0.4, -0.2) is 32.0 Å². The first-order valence-corrected chi connectivity index (χ1v) is 6.86. The fraction of sp³-hybridized carbons (Fsp3) is 0.600. The highest BCUT2D eigenvalue weighted by atomic mass is 35.5. The average molecular weight is 270 g/mol. The Kier molecular flexibility index (Phi) is 5.48. The van der Waals surface area contributed by atoms with E-state index in [1.54, 1.807) is 7.11 Å². The molecule has 2 nitrogen and oxygen atoms in total. The van der Waals surface area contributed by atoms with Gasteiger partial charge < -0.3 is 9.64 Å². The molecule has 0 aliphatic rings. The van der Waals surface area contributed by atoms with Crippen molar-refractivity contribution < 1.29 is 4.74 Å². The van der Waals surface area contributed by atoms with Crippen molar-refractivity contribution in [2.75, 3.05) is 27.1 Å². The first-order chi connectivity index (χ1) is 8.42. The molecule has 1 atom stereocenters. The molecule has 0 fully saturated rings. The number of halogens is 1. The normalized spacial score (nSPS) is 13.2. The Balaban J connectivity index is 3.32. The molecule has 0 saturated carbocycles. The smallest absolute Gasteiger partial charge is 0.122 e. The Labute approximate surface area is 116 Å². The molecule has 0 saturated heterocycles. The van der Waals surface area contributed by atoms with Crippen LogP contribution in [0.2, 0.25) is 0 Å². The number of benzene rings is 1. The first-order valence-electron chi connectivity index (χ1n) is 6.33. The molecule has 3 heteroatoms. The minimum absolute atomic E-state index is 0.245. The molecule has 0 heterocycles.